The maximum absolute atomic E-state index is 12.3. The Kier molecular flexibility index (Phi) is 5.59. The molecule has 0 unspecified atom stereocenters. The van der Waals surface area contributed by atoms with Crippen molar-refractivity contribution in [3.8, 4) is 0 Å². The van der Waals surface area contributed by atoms with E-state index >= 15 is 0 Å². The molecule has 1 aliphatic heterocycles. The summed E-state index contributed by atoms with van der Waals surface area (Å²) in [5, 5.41) is 9.95. The van der Waals surface area contributed by atoms with Crippen molar-refractivity contribution in [2.45, 2.75) is 11.4 Å². The molecule has 1 amide bonds. The second-order valence-corrected chi connectivity index (χ2v) is 7.05. The molecule has 0 saturated heterocycles. The Morgan fingerprint density at radius 3 is 2.76 bits per heavy atom. The van der Waals surface area contributed by atoms with Gasteiger partial charge in [-0.1, -0.05) is 18.2 Å². The molecule has 1 aromatic heterocycles. The van der Waals surface area contributed by atoms with Crippen LogP contribution in [0.1, 0.15) is 11.3 Å². The van der Waals surface area contributed by atoms with Gasteiger partial charge in [-0.15, -0.1) is 4.91 Å². The Hall–Kier alpha value is -3.56. The van der Waals surface area contributed by atoms with Crippen molar-refractivity contribution in [3.05, 3.63) is 83.0 Å². The van der Waals surface area contributed by atoms with Crippen LogP contribution in [0.4, 0.5) is 17.1 Å². The smallest absolute Gasteiger partial charge is 0.276 e. The highest BCUT2D eigenvalue weighted by molar-refractivity contribution is 7.97. The lowest BCUT2D eigenvalue weighted by Gasteiger charge is -2.06. The van der Waals surface area contributed by atoms with Crippen LogP contribution in [0.2, 0.25) is 0 Å². The van der Waals surface area contributed by atoms with Crippen LogP contribution in [-0.2, 0) is 11.3 Å². The van der Waals surface area contributed by atoms with Crippen molar-refractivity contribution < 1.29 is 4.79 Å². The van der Waals surface area contributed by atoms with Gasteiger partial charge >= 0.3 is 0 Å². The number of hydrazone groups is 1. The molecule has 0 spiro atoms. The Balaban J connectivity index is 1.50. The van der Waals surface area contributed by atoms with Crippen molar-refractivity contribution in [1.29, 1.82) is 0 Å². The largest absolute Gasteiger partial charge is 0.320 e. The maximum atomic E-state index is 12.3. The number of nitrogens with zero attached hydrogens (tertiary/aromatic N) is 3. The summed E-state index contributed by atoms with van der Waals surface area (Å²) < 4.78 is 3.25. The lowest BCUT2D eigenvalue weighted by molar-refractivity contribution is -0.110. The molecule has 1 aliphatic rings. The third-order valence-corrected chi connectivity index (χ3v) is 4.95. The fraction of sp³-hybridized carbons (Fsp3) is 0.0500. The summed E-state index contributed by atoms with van der Waals surface area (Å²) in [6.07, 6.45) is 1.75. The number of hydrogen-bond donors (Lipinski definition) is 3. The molecule has 29 heavy (non-hydrogen) atoms. The van der Waals surface area contributed by atoms with E-state index in [1.165, 1.54) is 11.9 Å². The zero-order valence-corrected chi connectivity index (χ0v) is 15.9. The van der Waals surface area contributed by atoms with Crippen LogP contribution in [0.3, 0.4) is 0 Å². The van der Waals surface area contributed by atoms with Gasteiger partial charge < -0.3 is 5.32 Å². The zero-order valence-electron chi connectivity index (χ0n) is 15.1. The standard InChI is InChI=1S/C20H16N6O2S/c27-20-19(25-24-17-6-1-2-7-18(17)26-28)15-11-14(8-9-16(15)23-20)29-22-12-13-5-3-4-10-21-13/h1-11,22,24H,12H2,(H,23,25,27). The number of benzene rings is 2. The predicted molar refractivity (Wildman–Crippen MR) is 114 cm³/mol. The average Bonchev–Trinajstić information content (AvgIpc) is 3.07. The van der Waals surface area contributed by atoms with Gasteiger partial charge in [0.05, 0.1) is 17.1 Å². The van der Waals surface area contributed by atoms with Gasteiger partial charge in [0, 0.05) is 23.2 Å². The zero-order chi connectivity index (χ0) is 20.1. The molecule has 0 fully saturated rings. The van der Waals surface area contributed by atoms with Crippen molar-refractivity contribution in [3.63, 3.8) is 0 Å². The summed E-state index contributed by atoms with van der Waals surface area (Å²) in [6, 6.07) is 18.1. The average molecular weight is 404 g/mol. The van der Waals surface area contributed by atoms with Gasteiger partial charge in [-0.3, -0.25) is 19.9 Å². The summed E-state index contributed by atoms with van der Waals surface area (Å²) in [5.41, 5.74) is 5.97. The van der Waals surface area contributed by atoms with Gasteiger partial charge in [0.15, 0.2) is 5.71 Å². The van der Waals surface area contributed by atoms with Crippen LogP contribution >= 0.6 is 11.9 Å². The molecule has 0 saturated carbocycles. The van der Waals surface area contributed by atoms with E-state index in [1.54, 1.807) is 30.5 Å². The number of aromatic nitrogens is 1. The second kappa shape index (κ2) is 8.63. The van der Waals surface area contributed by atoms with Gasteiger partial charge in [-0.05, 0) is 59.6 Å². The van der Waals surface area contributed by atoms with E-state index in [1.807, 2.05) is 36.4 Å². The number of carbonyl (C=O) groups is 1. The van der Waals surface area contributed by atoms with Crippen molar-refractivity contribution in [2.24, 2.45) is 10.3 Å². The first-order valence-corrected chi connectivity index (χ1v) is 9.58. The second-order valence-electron chi connectivity index (χ2n) is 6.09. The van der Waals surface area contributed by atoms with E-state index in [9.17, 15) is 9.70 Å². The molecule has 8 nitrogen and oxygen atoms in total. The predicted octanol–water partition coefficient (Wildman–Crippen LogP) is 4.04. The molecule has 4 rings (SSSR count). The summed E-state index contributed by atoms with van der Waals surface area (Å²) in [4.78, 5) is 28.4. The Morgan fingerprint density at radius 1 is 1.07 bits per heavy atom. The topological polar surface area (TPSA) is 108 Å². The number of nitrogens with one attached hydrogen (secondary N) is 3. The summed E-state index contributed by atoms with van der Waals surface area (Å²) in [5.74, 6) is -0.312. The number of fused-ring (bicyclic) bond motifs is 1. The third-order valence-electron chi connectivity index (χ3n) is 4.17. The molecular weight excluding hydrogens is 388 g/mol. The molecular formula is C20H16N6O2S. The Labute approximate surface area is 170 Å². The van der Waals surface area contributed by atoms with Gasteiger partial charge in [0.2, 0.25) is 0 Å². The van der Waals surface area contributed by atoms with Crippen molar-refractivity contribution in [2.75, 3.05) is 10.7 Å². The van der Waals surface area contributed by atoms with E-state index in [0.29, 0.717) is 23.5 Å². The third kappa shape index (κ3) is 4.31. The molecule has 2 aromatic carbocycles. The minimum absolute atomic E-state index is 0.221. The number of rotatable bonds is 7. The highest BCUT2D eigenvalue weighted by atomic mass is 32.2. The first kappa shape index (κ1) is 18.8. The number of nitroso groups, excluding NO2 is 1. The van der Waals surface area contributed by atoms with Crippen LogP contribution in [0.5, 0.6) is 0 Å². The van der Waals surface area contributed by atoms with Crippen LogP contribution in [0.15, 0.2) is 82.0 Å². The molecule has 0 bridgehead atoms. The van der Waals surface area contributed by atoms with Crippen LogP contribution < -0.4 is 15.5 Å². The summed E-state index contributed by atoms with van der Waals surface area (Å²) in [7, 11) is 0. The lowest BCUT2D eigenvalue weighted by Crippen LogP contribution is -2.15. The highest BCUT2D eigenvalue weighted by Crippen LogP contribution is 2.29. The van der Waals surface area contributed by atoms with E-state index < -0.39 is 0 Å². The minimum atomic E-state index is -0.312. The Bertz CT molecular complexity index is 1090. The van der Waals surface area contributed by atoms with Gasteiger partial charge in [-0.2, -0.15) is 5.10 Å². The highest BCUT2D eigenvalue weighted by Gasteiger charge is 2.26. The summed E-state index contributed by atoms with van der Waals surface area (Å²) in [6.45, 7) is 0.609. The molecule has 3 N–H and O–H groups in total. The molecule has 0 aliphatic carbocycles. The van der Waals surface area contributed by atoms with Crippen LogP contribution in [-0.4, -0.2) is 16.6 Å². The molecule has 0 atom stereocenters. The van der Waals surface area contributed by atoms with Crippen molar-refractivity contribution >= 4 is 40.6 Å². The quantitative estimate of drug-likeness (QED) is 0.312. The fourth-order valence-corrected chi connectivity index (χ4v) is 3.47. The normalized spacial score (nSPS) is 13.8. The number of anilines is 2. The van der Waals surface area contributed by atoms with E-state index in [2.05, 4.69) is 30.7 Å². The molecule has 3 aromatic rings. The van der Waals surface area contributed by atoms with Gasteiger partial charge in [0.1, 0.15) is 5.69 Å². The maximum Gasteiger partial charge on any atom is 0.276 e. The number of carbonyl (C=O) groups excluding carboxylic acids is 1. The number of pyridine rings is 1. The molecule has 144 valence electrons. The number of para-hydroxylation sites is 1. The van der Waals surface area contributed by atoms with Crippen LogP contribution in [0.25, 0.3) is 0 Å². The molecule has 0 radical (unpaired) electrons. The first-order valence-electron chi connectivity index (χ1n) is 8.76. The van der Waals surface area contributed by atoms with Gasteiger partial charge in [-0.25, -0.2) is 0 Å². The number of amides is 1. The first-order chi connectivity index (χ1) is 14.2. The fourth-order valence-electron chi connectivity index (χ4n) is 2.77. The lowest BCUT2D eigenvalue weighted by atomic mass is 10.1. The van der Waals surface area contributed by atoms with Crippen molar-refractivity contribution in [1.82, 2.24) is 9.71 Å². The van der Waals surface area contributed by atoms with Gasteiger partial charge in [0.25, 0.3) is 5.91 Å². The minimum Gasteiger partial charge on any atom is -0.320 e. The Morgan fingerprint density at radius 2 is 1.93 bits per heavy atom. The monoisotopic (exact) mass is 404 g/mol. The molecule has 9 heteroatoms. The van der Waals surface area contributed by atoms with E-state index in [0.717, 1.165) is 10.6 Å². The van der Waals surface area contributed by atoms with E-state index in [-0.39, 0.29) is 17.3 Å². The van der Waals surface area contributed by atoms with E-state index in [4.69, 9.17) is 0 Å². The summed E-state index contributed by atoms with van der Waals surface area (Å²) >= 11 is 1.44. The SMILES string of the molecule is O=Nc1ccccc1N/N=C1\C(=O)Nc2ccc(SNCc3ccccn3)cc21. The molecule has 2 heterocycles. The van der Waals surface area contributed by atoms with Crippen LogP contribution in [0, 0.1) is 4.91 Å². The number of hydrogen-bond acceptors (Lipinski definition) is 8.